The van der Waals surface area contributed by atoms with Crippen molar-refractivity contribution >= 4 is 11.8 Å². The molecule has 0 radical (unpaired) electrons. The van der Waals surface area contributed by atoms with Crippen molar-refractivity contribution in [3.63, 3.8) is 0 Å². The van der Waals surface area contributed by atoms with Gasteiger partial charge in [0.25, 0.3) is 5.91 Å². The van der Waals surface area contributed by atoms with E-state index in [0.29, 0.717) is 18.5 Å². The van der Waals surface area contributed by atoms with Crippen molar-refractivity contribution in [1.82, 2.24) is 20.2 Å². The Balaban J connectivity index is 1.73. The highest BCUT2D eigenvalue weighted by Crippen LogP contribution is 2.36. The largest absolute Gasteiger partial charge is 0.352 e. The number of nitrogens with zero attached hydrogens (tertiary/aromatic N) is 3. The van der Waals surface area contributed by atoms with Crippen LogP contribution in [-0.4, -0.2) is 40.3 Å². The predicted molar refractivity (Wildman–Crippen MR) is 93.8 cm³/mol. The summed E-state index contributed by atoms with van der Waals surface area (Å²) in [5.41, 5.74) is 2.61. The predicted octanol–water partition coefficient (Wildman–Crippen LogP) is 1.99. The average molecular weight is 338 g/mol. The van der Waals surface area contributed by atoms with Gasteiger partial charge in [-0.15, -0.1) is 0 Å². The molecule has 0 aliphatic carbocycles. The van der Waals surface area contributed by atoms with Gasteiger partial charge in [-0.05, 0) is 35.7 Å². The standard InChI is InChI=1S/C19H22N4O2/c1-3-13-11-21-9-6-16(13)19(25)22-12-15-10-17(24)23(2)18(15)14-4-7-20-8-5-14/h4-9,11,15,18H,3,10,12H2,1-2H3,(H,22,25)/t15-,18-/m0/s1. The van der Waals surface area contributed by atoms with Gasteiger partial charge in [0.15, 0.2) is 0 Å². The first-order valence-corrected chi connectivity index (χ1v) is 8.48. The van der Waals surface area contributed by atoms with Gasteiger partial charge in [-0.3, -0.25) is 19.6 Å². The molecule has 1 aliphatic heterocycles. The van der Waals surface area contributed by atoms with Gasteiger partial charge in [0.2, 0.25) is 5.91 Å². The molecule has 2 aromatic heterocycles. The fourth-order valence-corrected chi connectivity index (χ4v) is 3.44. The minimum absolute atomic E-state index is 0.0377. The van der Waals surface area contributed by atoms with Crippen molar-refractivity contribution in [2.45, 2.75) is 25.8 Å². The summed E-state index contributed by atoms with van der Waals surface area (Å²) in [4.78, 5) is 34.6. The molecule has 2 amide bonds. The lowest BCUT2D eigenvalue weighted by molar-refractivity contribution is -0.127. The highest BCUT2D eigenvalue weighted by Gasteiger charge is 2.38. The number of carbonyl (C=O) groups is 2. The molecule has 1 aliphatic rings. The first kappa shape index (κ1) is 17.1. The Labute approximate surface area is 147 Å². The van der Waals surface area contributed by atoms with E-state index in [1.54, 1.807) is 35.8 Å². The Kier molecular flexibility index (Phi) is 5.07. The third kappa shape index (κ3) is 3.52. The normalized spacial score (nSPS) is 19.9. The van der Waals surface area contributed by atoms with Crippen molar-refractivity contribution in [3.05, 3.63) is 59.7 Å². The number of amides is 2. The smallest absolute Gasteiger partial charge is 0.251 e. The third-order valence-electron chi connectivity index (χ3n) is 4.80. The monoisotopic (exact) mass is 338 g/mol. The highest BCUT2D eigenvalue weighted by atomic mass is 16.2. The van der Waals surface area contributed by atoms with Crippen LogP contribution in [0.3, 0.4) is 0 Å². The first-order valence-electron chi connectivity index (χ1n) is 8.48. The van der Waals surface area contributed by atoms with E-state index >= 15 is 0 Å². The summed E-state index contributed by atoms with van der Waals surface area (Å²) in [5, 5.41) is 3.00. The van der Waals surface area contributed by atoms with Crippen LogP contribution in [0, 0.1) is 5.92 Å². The van der Waals surface area contributed by atoms with Crippen molar-refractivity contribution in [1.29, 1.82) is 0 Å². The van der Waals surface area contributed by atoms with E-state index in [0.717, 1.165) is 17.5 Å². The lowest BCUT2D eigenvalue weighted by Crippen LogP contribution is -2.33. The van der Waals surface area contributed by atoms with Crippen molar-refractivity contribution < 1.29 is 9.59 Å². The molecule has 130 valence electrons. The maximum atomic E-state index is 12.5. The van der Waals surface area contributed by atoms with Gasteiger partial charge in [-0.2, -0.15) is 0 Å². The van der Waals surface area contributed by atoms with E-state index in [2.05, 4.69) is 15.3 Å². The number of hydrogen-bond donors (Lipinski definition) is 1. The topological polar surface area (TPSA) is 75.2 Å². The molecule has 1 N–H and O–H groups in total. The molecule has 3 heterocycles. The molecule has 3 rings (SSSR count). The van der Waals surface area contributed by atoms with E-state index in [1.165, 1.54) is 0 Å². The lowest BCUT2D eigenvalue weighted by Gasteiger charge is -2.25. The van der Waals surface area contributed by atoms with Crippen molar-refractivity contribution in [2.75, 3.05) is 13.6 Å². The van der Waals surface area contributed by atoms with E-state index in [-0.39, 0.29) is 23.8 Å². The average Bonchev–Trinajstić information content (AvgIpc) is 2.94. The summed E-state index contributed by atoms with van der Waals surface area (Å²) < 4.78 is 0. The first-order chi connectivity index (χ1) is 12.1. The number of aryl methyl sites for hydroxylation is 1. The molecule has 6 heteroatoms. The van der Waals surface area contributed by atoms with Gasteiger partial charge in [0.05, 0.1) is 6.04 Å². The van der Waals surface area contributed by atoms with Crippen LogP contribution in [0.4, 0.5) is 0 Å². The minimum Gasteiger partial charge on any atom is -0.352 e. The van der Waals surface area contributed by atoms with Crippen LogP contribution in [0.25, 0.3) is 0 Å². The number of hydrogen-bond acceptors (Lipinski definition) is 4. The summed E-state index contributed by atoms with van der Waals surface area (Å²) in [5.74, 6) is 0.0183. The van der Waals surface area contributed by atoms with Crippen LogP contribution in [0.5, 0.6) is 0 Å². The van der Waals surface area contributed by atoms with Gasteiger partial charge < -0.3 is 10.2 Å². The number of rotatable bonds is 5. The lowest BCUT2D eigenvalue weighted by atomic mass is 9.94. The summed E-state index contributed by atoms with van der Waals surface area (Å²) in [6.07, 6.45) is 7.99. The molecule has 1 fully saturated rings. The maximum absolute atomic E-state index is 12.5. The number of likely N-dealkylation sites (tertiary alicyclic amines) is 1. The Bertz CT molecular complexity index is 763. The van der Waals surface area contributed by atoms with E-state index < -0.39 is 0 Å². The SMILES string of the molecule is CCc1cnccc1C(=O)NC[C@@H]1CC(=O)N(C)[C@H]1c1ccncc1. The van der Waals surface area contributed by atoms with Gasteiger partial charge >= 0.3 is 0 Å². The Hall–Kier alpha value is -2.76. The summed E-state index contributed by atoms with van der Waals surface area (Å²) in [6.45, 7) is 2.45. The van der Waals surface area contributed by atoms with E-state index in [9.17, 15) is 9.59 Å². The molecule has 2 aromatic rings. The number of carbonyl (C=O) groups excluding carboxylic acids is 2. The van der Waals surface area contributed by atoms with Gasteiger partial charge in [0, 0.05) is 56.3 Å². The zero-order valence-electron chi connectivity index (χ0n) is 14.5. The van der Waals surface area contributed by atoms with Gasteiger partial charge in [-0.25, -0.2) is 0 Å². The summed E-state index contributed by atoms with van der Waals surface area (Å²) in [7, 11) is 1.81. The molecule has 0 spiro atoms. The highest BCUT2D eigenvalue weighted by molar-refractivity contribution is 5.95. The number of nitrogens with one attached hydrogen (secondary N) is 1. The quantitative estimate of drug-likeness (QED) is 0.905. The molecule has 25 heavy (non-hydrogen) atoms. The maximum Gasteiger partial charge on any atom is 0.251 e. The van der Waals surface area contributed by atoms with Crippen LogP contribution in [0.1, 0.15) is 40.9 Å². The zero-order valence-corrected chi connectivity index (χ0v) is 14.5. The minimum atomic E-state index is -0.116. The molecule has 1 saturated heterocycles. The van der Waals surface area contributed by atoms with E-state index in [1.807, 2.05) is 26.1 Å². The second-order valence-electron chi connectivity index (χ2n) is 6.29. The van der Waals surface area contributed by atoms with Crippen LogP contribution in [0.15, 0.2) is 43.0 Å². The zero-order chi connectivity index (χ0) is 17.8. The number of aromatic nitrogens is 2. The fourth-order valence-electron chi connectivity index (χ4n) is 3.44. The Morgan fingerprint density at radius 2 is 1.96 bits per heavy atom. The molecular weight excluding hydrogens is 316 g/mol. The molecule has 0 bridgehead atoms. The second kappa shape index (κ2) is 7.42. The molecule has 0 unspecified atom stereocenters. The molecule has 6 nitrogen and oxygen atoms in total. The molecule has 0 saturated carbocycles. The molecular formula is C19H22N4O2. The third-order valence-corrected chi connectivity index (χ3v) is 4.80. The van der Waals surface area contributed by atoms with Crippen LogP contribution in [0.2, 0.25) is 0 Å². The molecule has 2 atom stereocenters. The van der Waals surface area contributed by atoms with Gasteiger partial charge in [0.1, 0.15) is 0 Å². The van der Waals surface area contributed by atoms with Gasteiger partial charge in [-0.1, -0.05) is 6.92 Å². The Morgan fingerprint density at radius 3 is 2.68 bits per heavy atom. The summed E-state index contributed by atoms with van der Waals surface area (Å²) >= 11 is 0. The van der Waals surface area contributed by atoms with Crippen LogP contribution in [-0.2, 0) is 11.2 Å². The van der Waals surface area contributed by atoms with Crippen LogP contribution < -0.4 is 5.32 Å². The van der Waals surface area contributed by atoms with Crippen LogP contribution >= 0.6 is 0 Å². The number of pyridine rings is 2. The second-order valence-corrected chi connectivity index (χ2v) is 6.29. The summed E-state index contributed by atoms with van der Waals surface area (Å²) in [6, 6.07) is 5.54. The Morgan fingerprint density at radius 1 is 1.24 bits per heavy atom. The molecule has 0 aromatic carbocycles. The van der Waals surface area contributed by atoms with Crippen molar-refractivity contribution in [3.8, 4) is 0 Å². The van der Waals surface area contributed by atoms with Crippen molar-refractivity contribution in [2.24, 2.45) is 5.92 Å². The van der Waals surface area contributed by atoms with E-state index in [4.69, 9.17) is 0 Å². The fraction of sp³-hybridized carbons (Fsp3) is 0.368.